The maximum absolute atomic E-state index is 11.7. The summed E-state index contributed by atoms with van der Waals surface area (Å²) in [6.07, 6.45) is 0. The highest BCUT2D eigenvalue weighted by Crippen LogP contribution is 2.19. The van der Waals surface area contributed by atoms with Crippen LogP contribution in [0.15, 0.2) is 11.1 Å². The first-order valence-corrected chi connectivity index (χ1v) is 5.72. The first-order valence-electron chi connectivity index (χ1n) is 5.72. The summed E-state index contributed by atoms with van der Waals surface area (Å²) >= 11 is 0. The minimum Gasteiger partial charge on any atom is -0.269 e. The molecule has 0 unspecified atom stereocenters. The molecule has 0 bridgehead atoms. The lowest BCUT2D eigenvalue weighted by Crippen LogP contribution is -2.37. The van der Waals surface area contributed by atoms with Crippen molar-refractivity contribution >= 4 is 17.8 Å². The molecule has 106 valence electrons. The Balaban J connectivity index is 2.47. The molecule has 19 heavy (non-hydrogen) atoms. The number of imide groups is 1. The van der Waals surface area contributed by atoms with Crippen LogP contribution in [0.4, 0.5) is 0 Å². The smallest absolute Gasteiger partial charge is 0.269 e. The van der Waals surface area contributed by atoms with Gasteiger partial charge in [-0.1, -0.05) is 0 Å². The summed E-state index contributed by atoms with van der Waals surface area (Å²) in [4.78, 5) is 44.6. The summed E-state index contributed by atoms with van der Waals surface area (Å²) in [6.45, 7) is 7.64. The molecule has 1 aliphatic rings. The maximum atomic E-state index is 11.7. The number of rotatable bonds is 4. The molecule has 0 aromatic carbocycles. The molecule has 0 radical (unpaired) electrons. The number of nitrogens with zero attached hydrogens (tertiary/aromatic N) is 1. The Kier molecular flexibility index (Phi) is 4.43. The highest BCUT2D eigenvalue weighted by Gasteiger charge is 2.35. The van der Waals surface area contributed by atoms with Crippen molar-refractivity contribution < 1.29 is 29.2 Å². The van der Waals surface area contributed by atoms with Crippen molar-refractivity contribution in [2.45, 2.75) is 40.2 Å². The fourth-order valence-electron chi connectivity index (χ4n) is 1.27. The SMILES string of the molecule is CC1=C(C)C(=O)N(CC(=O)OOOC(C)(C)C)C1=O. The van der Waals surface area contributed by atoms with Crippen molar-refractivity contribution in [2.75, 3.05) is 6.54 Å². The lowest BCUT2D eigenvalue weighted by molar-refractivity contribution is -0.514. The molecule has 1 rings (SSSR count). The Morgan fingerprint density at radius 1 is 1.11 bits per heavy atom. The zero-order chi connectivity index (χ0) is 14.8. The molecule has 0 aromatic rings. The molecule has 0 aromatic heterocycles. The Labute approximate surface area is 111 Å². The number of amides is 2. The van der Waals surface area contributed by atoms with Gasteiger partial charge >= 0.3 is 5.97 Å². The van der Waals surface area contributed by atoms with Crippen LogP contribution in [-0.2, 0) is 29.2 Å². The minimum atomic E-state index is -0.895. The van der Waals surface area contributed by atoms with E-state index < -0.39 is 29.9 Å². The Morgan fingerprint density at radius 2 is 1.58 bits per heavy atom. The zero-order valence-corrected chi connectivity index (χ0v) is 11.6. The van der Waals surface area contributed by atoms with Crippen LogP contribution in [0.25, 0.3) is 0 Å². The Bertz CT molecular complexity index is 422. The summed E-state index contributed by atoms with van der Waals surface area (Å²) in [7, 11) is 0. The number of carbonyl (C=O) groups excluding carboxylic acids is 3. The molecule has 0 saturated heterocycles. The number of hydrogen-bond acceptors (Lipinski definition) is 6. The average molecular weight is 271 g/mol. The fourth-order valence-corrected chi connectivity index (χ4v) is 1.27. The van der Waals surface area contributed by atoms with Gasteiger partial charge in [-0.3, -0.25) is 19.4 Å². The van der Waals surface area contributed by atoms with Crippen LogP contribution < -0.4 is 0 Å². The zero-order valence-electron chi connectivity index (χ0n) is 11.6. The van der Waals surface area contributed by atoms with E-state index in [1.165, 1.54) is 13.8 Å². The van der Waals surface area contributed by atoms with Gasteiger partial charge in [0.2, 0.25) is 0 Å². The van der Waals surface area contributed by atoms with Crippen molar-refractivity contribution in [1.82, 2.24) is 4.90 Å². The van der Waals surface area contributed by atoms with Gasteiger partial charge in [0.25, 0.3) is 11.8 Å². The Hall–Kier alpha value is -1.73. The summed E-state index contributed by atoms with van der Waals surface area (Å²) in [5.74, 6) is -1.90. The van der Waals surface area contributed by atoms with Gasteiger partial charge in [-0.05, 0) is 39.7 Å². The van der Waals surface area contributed by atoms with Crippen molar-refractivity contribution in [3.8, 4) is 0 Å². The van der Waals surface area contributed by atoms with Gasteiger partial charge in [0, 0.05) is 11.1 Å². The van der Waals surface area contributed by atoms with Crippen molar-refractivity contribution in [1.29, 1.82) is 0 Å². The van der Waals surface area contributed by atoms with E-state index in [1.54, 1.807) is 20.8 Å². The van der Waals surface area contributed by atoms with Crippen LogP contribution in [0.5, 0.6) is 0 Å². The van der Waals surface area contributed by atoms with E-state index in [1.807, 2.05) is 0 Å². The van der Waals surface area contributed by atoms with E-state index in [4.69, 9.17) is 4.89 Å². The van der Waals surface area contributed by atoms with Gasteiger partial charge < -0.3 is 0 Å². The van der Waals surface area contributed by atoms with Gasteiger partial charge in [0.05, 0.1) is 5.60 Å². The first kappa shape index (κ1) is 15.3. The van der Waals surface area contributed by atoms with Crippen molar-refractivity contribution in [3.05, 3.63) is 11.1 Å². The normalized spacial score (nSPS) is 16.4. The largest absolute Gasteiger partial charge is 0.365 e. The van der Waals surface area contributed by atoms with E-state index in [9.17, 15) is 14.4 Å². The van der Waals surface area contributed by atoms with Gasteiger partial charge in [0.15, 0.2) is 0 Å². The van der Waals surface area contributed by atoms with Crippen molar-refractivity contribution in [2.24, 2.45) is 0 Å². The summed E-state index contributed by atoms with van der Waals surface area (Å²) in [5, 5.41) is 4.28. The van der Waals surface area contributed by atoms with Crippen LogP contribution >= 0.6 is 0 Å². The van der Waals surface area contributed by atoms with E-state index in [0.717, 1.165) is 4.90 Å². The topological polar surface area (TPSA) is 82.1 Å². The minimum absolute atomic E-state index is 0.324. The highest BCUT2D eigenvalue weighted by molar-refractivity contribution is 6.19. The molecule has 1 heterocycles. The second kappa shape index (κ2) is 5.50. The van der Waals surface area contributed by atoms with Gasteiger partial charge in [0.1, 0.15) is 6.54 Å². The molecule has 0 saturated carbocycles. The molecule has 1 aliphatic heterocycles. The average Bonchev–Trinajstić information content (AvgIpc) is 2.45. The predicted molar refractivity (Wildman–Crippen MR) is 63.1 cm³/mol. The number of hydrogen-bond donors (Lipinski definition) is 0. The van der Waals surface area contributed by atoms with Crippen molar-refractivity contribution in [3.63, 3.8) is 0 Å². The van der Waals surface area contributed by atoms with E-state index >= 15 is 0 Å². The van der Waals surface area contributed by atoms with Gasteiger partial charge in [-0.15, -0.1) is 0 Å². The first-order chi connectivity index (χ1) is 8.63. The summed E-state index contributed by atoms with van der Waals surface area (Å²) in [6, 6.07) is 0. The second-order valence-electron chi connectivity index (χ2n) is 5.17. The third-order valence-corrected chi connectivity index (χ3v) is 2.39. The van der Waals surface area contributed by atoms with Crippen LogP contribution in [-0.4, -0.2) is 34.8 Å². The number of carbonyl (C=O) groups is 3. The standard InChI is InChI=1S/C12H17NO6/c1-7-8(2)11(16)13(10(7)15)6-9(14)17-19-18-12(3,4)5/h6H2,1-5H3. The van der Waals surface area contributed by atoms with Crippen LogP contribution in [0.1, 0.15) is 34.6 Å². The quantitative estimate of drug-likeness (QED) is 0.429. The lowest BCUT2D eigenvalue weighted by Gasteiger charge is -2.16. The highest BCUT2D eigenvalue weighted by atomic mass is 17.5. The van der Waals surface area contributed by atoms with Crippen LogP contribution in [0.2, 0.25) is 0 Å². The second-order valence-corrected chi connectivity index (χ2v) is 5.17. The molecule has 2 amide bonds. The third-order valence-electron chi connectivity index (χ3n) is 2.39. The molecule has 0 aliphatic carbocycles. The summed E-state index contributed by atoms with van der Waals surface area (Å²) in [5.41, 5.74) is 0.00297. The van der Waals surface area contributed by atoms with Crippen LogP contribution in [0.3, 0.4) is 0 Å². The molecular weight excluding hydrogens is 254 g/mol. The molecule has 0 N–H and O–H groups in total. The van der Waals surface area contributed by atoms with E-state index in [0.29, 0.717) is 11.1 Å². The van der Waals surface area contributed by atoms with E-state index in [2.05, 4.69) is 9.93 Å². The Morgan fingerprint density at radius 3 is 2.00 bits per heavy atom. The van der Waals surface area contributed by atoms with E-state index in [-0.39, 0.29) is 0 Å². The molecule has 7 heteroatoms. The molecule has 0 fully saturated rings. The molecule has 0 atom stereocenters. The summed E-state index contributed by atoms with van der Waals surface area (Å²) < 4.78 is 0. The predicted octanol–water partition coefficient (Wildman–Crippen LogP) is 0.896. The molecule has 7 nitrogen and oxygen atoms in total. The maximum Gasteiger partial charge on any atom is 0.365 e. The lowest BCUT2D eigenvalue weighted by atomic mass is 10.2. The molecular formula is C12H17NO6. The van der Waals surface area contributed by atoms with Gasteiger partial charge in [-0.25, -0.2) is 4.79 Å². The van der Waals surface area contributed by atoms with Crippen LogP contribution in [0, 0.1) is 0 Å². The third kappa shape index (κ3) is 3.87. The van der Waals surface area contributed by atoms with Gasteiger partial charge in [-0.2, -0.15) is 4.89 Å². The monoisotopic (exact) mass is 271 g/mol. The fraction of sp³-hybridized carbons (Fsp3) is 0.583. The molecule has 0 spiro atoms.